The first-order chi connectivity index (χ1) is 12.4. The third kappa shape index (κ3) is 6.17. The van der Waals surface area contributed by atoms with Crippen molar-refractivity contribution in [2.24, 2.45) is 4.99 Å². The van der Waals surface area contributed by atoms with E-state index in [4.69, 9.17) is 0 Å². The van der Waals surface area contributed by atoms with E-state index in [1.807, 2.05) is 18.8 Å². The minimum atomic E-state index is 0.0841. The van der Waals surface area contributed by atoms with Crippen molar-refractivity contribution in [1.29, 1.82) is 0 Å². The fourth-order valence-corrected chi connectivity index (χ4v) is 4.71. The second-order valence-electron chi connectivity index (χ2n) is 7.93. The zero-order valence-corrected chi connectivity index (χ0v) is 18.5. The van der Waals surface area contributed by atoms with Gasteiger partial charge in [-0.3, -0.25) is 4.99 Å². The highest BCUT2D eigenvalue weighted by Gasteiger charge is 2.32. The van der Waals surface area contributed by atoms with E-state index in [1.165, 1.54) is 43.7 Å². The van der Waals surface area contributed by atoms with Crippen molar-refractivity contribution in [2.75, 3.05) is 26.7 Å². The van der Waals surface area contributed by atoms with Crippen molar-refractivity contribution in [3.63, 3.8) is 0 Å². The number of halogens is 1. The van der Waals surface area contributed by atoms with E-state index in [1.54, 1.807) is 0 Å². The Bertz CT molecular complexity index is 605. The number of nitrogens with one attached hydrogen (secondary N) is 2. The molecule has 0 amide bonds. The number of likely N-dealkylation sites (tertiary alicyclic amines) is 1. The van der Waals surface area contributed by atoms with Crippen LogP contribution in [0.5, 0.6) is 0 Å². The molecule has 0 aromatic heterocycles. The third-order valence-corrected chi connectivity index (χ3v) is 6.78. The van der Waals surface area contributed by atoms with E-state index < -0.39 is 0 Å². The Hall–Kier alpha value is -0.720. The number of guanidine groups is 1. The summed E-state index contributed by atoms with van der Waals surface area (Å²) in [5, 5.41) is 7.16. The van der Waals surface area contributed by atoms with Gasteiger partial charge >= 0.3 is 0 Å². The third-order valence-electron chi connectivity index (χ3n) is 5.05. The first kappa shape index (κ1) is 20.0. The summed E-state index contributed by atoms with van der Waals surface area (Å²) in [6.07, 6.45) is 5.25. The molecule has 1 saturated carbocycles. The van der Waals surface area contributed by atoms with Gasteiger partial charge in [-0.1, -0.05) is 15.9 Å². The van der Waals surface area contributed by atoms with Crippen LogP contribution < -0.4 is 10.6 Å². The van der Waals surface area contributed by atoms with E-state index in [-0.39, 0.29) is 4.75 Å². The standard InChI is InChI=1S/C20H31BrN4S/c1-20(2,26-18-8-4-15(21)5-9-18)14-23-19(22-3)24-16-10-12-25(13-11-16)17-6-7-17/h4-5,8-9,16-17H,6-7,10-14H2,1-3H3,(H2,22,23,24). The quantitative estimate of drug-likeness (QED) is 0.398. The lowest BCUT2D eigenvalue weighted by molar-refractivity contribution is 0.197. The van der Waals surface area contributed by atoms with Crippen molar-refractivity contribution >= 4 is 33.7 Å². The minimum Gasteiger partial charge on any atom is -0.355 e. The van der Waals surface area contributed by atoms with E-state index >= 15 is 0 Å². The van der Waals surface area contributed by atoms with Crippen LogP contribution in [0.4, 0.5) is 0 Å². The molecule has 26 heavy (non-hydrogen) atoms. The van der Waals surface area contributed by atoms with Gasteiger partial charge in [0.1, 0.15) is 0 Å². The van der Waals surface area contributed by atoms with Gasteiger partial charge in [-0.15, -0.1) is 11.8 Å². The molecule has 6 heteroatoms. The number of hydrogen-bond donors (Lipinski definition) is 2. The Morgan fingerprint density at radius 3 is 2.42 bits per heavy atom. The lowest BCUT2D eigenvalue weighted by atomic mass is 10.1. The first-order valence-electron chi connectivity index (χ1n) is 9.61. The number of rotatable bonds is 6. The predicted molar refractivity (Wildman–Crippen MR) is 116 cm³/mol. The molecule has 1 aliphatic heterocycles. The molecule has 1 aromatic rings. The average Bonchev–Trinajstić information content (AvgIpc) is 3.46. The molecule has 2 N–H and O–H groups in total. The molecule has 0 radical (unpaired) electrons. The maximum atomic E-state index is 4.44. The lowest BCUT2D eigenvalue weighted by Gasteiger charge is -2.33. The van der Waals surface area contributed by atoms with Crippen LogP contribution in [0.3, 0.4) is 0 Å². The Morgan fingerprint density at radius 2 is 1.85 bits per heavy atom. The van der Waals surface area contributed by atoms with Gasteiger partial charge in [0.2, 0.25) is 0 Å². The molecule has 1 saturated heterocycles. The molecule has 1 aromatic carbocycles. The highest BCUT2D eigenvalue weighted by molar-refractivity contribution is 9.10. The van der Waals surface area contributed by atoms with Crippen molar-refractivity contribution in [1.82, 2.24) is 15.5 Å². The fourth-order valence-electron chi connectivity index (χ4n) is 3.39. The first-order valence-corrected chi connectivity index (χ1v) is 11.2. The molecule has 3 rings (SSSR count). The normalized spacial score (nSPS) is 20.2. The number of benzene rings is 1. The molecular weight excluding hydrogens is 408 g/mol. The van der Waals surface area contributed by atoms with Crippen LogP contribution in [0.25, 0.3) is 0 Å². The summed E-state index contributed by atoms with van der Waals surface area (Å²) < 4.78 is 1.20. The van der Waals surface area contributed by atoms with Crippen LogP contribution in [0.1, 0.15) is 39.5 Å². The molecule has 144 valence electrons. The number of hydrogen-bond acceptors (Lipinski definition) is 3. The average molecular weight is 439 g/mol. The second kappa shape index (κ2) is 8.98. The summed E-state index contributed by atoms with van der Waals surface area (Å²) in [4.78, 5) is 8.38. The predicted octanol–water partition coefficient (Wildman–Crippen LogP) is 4.11. The number of piperidine rings is 1. The molecule has 4 nitrogen and oxygen atoms in total. The highest BCUT2D eigenvalue weighted by atomic mass is 79.9. The van der Waals surface area contributed by atoms with Crippen LogP contribution in [-0.2, 0) is 0 Å². The summed E-state index contributed by atoms with van der Waals surface area (Å²) in [5.74, 6) is 0.930. The highest BCUT2D eigenvalue weighted by Crippen LogP contribution is 2.32. The molecule has 1 aliphatic carbocycles. The Labute approximate surface area is 170 Å². The van der Waals surface area contributed by atoms with Gasteiger partial charge in [0.15, 0.2) is 5.96 Å². The van der Waals surface area contributed by atoms with Crippen molar-refractivity contribution in [3.8, 4) is 0 Å². The zero-order chi connectivity index (χ0) is 18.6. The molecule has 2 aliphatic rings. The topological polar surface area (TPSA) is 39.7 Å². The van der Waals surface area contributed by atoms with Gasteiger partial charge in [0.25, 0.3) is 0 Å². The maximum Gasteiger partial charge on any atom is 0.191 e. The summed E-state index contributed by atoms with van der Waals surface area (Å²) >= 11 is 5.39. The minimum absolute atomic E-state index is 0.0841. The van der Waals surface area contributed by atoms with Gasteiger partial charge in [-0.2, -0.15) is 0 Å². The van der Waals surface area contributed by atoms with E-state index in [0.29, 0.717) is 6.04 Å². The zero-order valence-electron chi connectivity index (χ0n) is 16.1. The largest absolute Gasteiger partial charge is 0.355 e. The summed E-state index contributed by atoms with van der Waals surface area (Å²) in [5.41, 5.74) is 0. The van der Waals surface area contributed by atoms with E-state index in [0.717, 1.165) is 23.0 Å². The Balaban J connectivity index is 1.43. The van der Waals surface area contributed by atoms with Crippen LogP contribution in [0, 0.1) is 0 Å². The Morgan fingerprint density at radius 1 is 1.19 bits per heavy atom. The van der Waals surface area contributed by atoms with Crippen LogP contribution >= 0.6 is 27.7 Å². The van der Waals surface area contributed by atoms with E-state index in [9.17, 15) is 0 Å². The molecule has 1 heterocycles. The van der Waals surface area contributed by atoms with Crippen molar-refractivity contribution in [3.05, 3.63) is 28.7 Å². The fraction of sp³-hybridized carbons (Fsp3) is 0.650. The van der Waals surface area contributed by atoms with Gasteiger partial charge in [-0.25, -0.2) is 0 Å². The van der Waals surface area contributed by atoms with Crippen molar-refractivity contribution in [2.45, 2.75) is 61.3 Å². The number of aliphatic imine (C=N–C) groups is 1. The molecular formula is C20H31BrN4S. The molecule has 0 spiro atoms. The maximum absolute atomic E-state index is 4.44. The van der Waals surface area contributed by atoms with Crippen LogP contribution in [-0.4, -0.2) is 54.4 Å². The molecule has 0 atom stereocenters. The van der Waals surface area contributed by atoms with Crippen molar-refractivity contribution < 1.29 is 0 Å². The van der Waals surface area contributed by atoms with Gasteiger partial charge in [-0.05, 0) is 63.8 Å². The van der Waals surface area contributed by atoms with Crippen LogP contribution in [0.2, 0.25) is 0 Å². The number of thioether (sulfide) groups is 1. The monoisotopic (exact) mass is 438 g/mol. The van der Waals surface area contributed by atoms with Crippen LogP contribution in [0.15, 0.2) is 38.6 Å². The van der Waals surface area contributed by atoms with E-state index in [2.05, 4.69) is 74.6 Å². The molecule has 0 unspecified atom stereocenters. The smallest absolute Gasteiger partial charge is 0.191 e. The SMILES string of the molecule is CN=C(NCC(C)(C)Sc1ccc(Br)cc1)NC1CCN(C2CC2)CC1. The van der Waals surface area contributed by atoms with Gasteiger partial charge in [0.05, 0.1) is 0 Å². The number of nitrogens with zero attached hydrogens (tertiary/aromatic N) is 2. The summed E-state index contributed by atoms with van der Waals surface area (Å²) in [6.45, 7) is 7.87. The van der Waals surface area contributed by atoms with Gasteiger partial charge < -0.3 is 15.5 Å². The second-order valence-corrected chi connectivity index (χ2v) is 10.6. The molecule has 2 fully saturated rings. The summed E-state index contributed by atoms with van der Waals surface area (Å²) in [7, 11) is 1.86. The van der Waals surface area contributed by atoms with Gasteiger partial charge in [0, 0.05) is 52.9 Å². The Kier molecular flexibility index (Phi) is 6.92. The summed E-state index contributed by atoms with van der Waals surface area (Å²) in [6, 6.07) is 9.96. The molecule has 0 bridgehead atoms. The lowest BCUT2D eigenvalue weighted by Crippen LogP contribution is -2.50.